The third kappa shape index (κ3) is 2.96. The topological polar surface area (TPSA) is 12.0 Å². The fourth-order valence-corrected chi connectivity index (χ4v) is 3.81. The summed E-state index contributed by atoms with van der Waals surface area (Å²) in [6, 6.07) is 13.2. The number of anilines is 1. The summed E-state index contributed by atoms with van der Waals surface area (Å²) in [6.07, 6.45) is 3.77. The molecule has 0 aromatic heterocycles. The SMILES string of the molecule is CC(Nc1ccc(Cl)cc1I)c1ccc2c(c1)CCC2. The highest BCUT2D eigenvalue weighted by Crippen LogP contribution is 2.29. The lowest BCUT2D eigenvalue weighted by Crippen LogP contribution is -2.08. The standard InChI is InChI=1S/C17H17ClIN/c1-11(20-17-8-7-15(18)10-16(17)19)13-6-5-12-3-2-4-14(12)9-13/h5-11,20H,2-4H2,1H3. The maximum absolute atomic E-state index is 6.00. The van der Waals surface area contributed by atoms with Gasteiger partial charge in [-0.25, -0.2) is 0 Å². The molecule has 0 amide bonds. The number of hydrogen-bond donors (Lipinski definition) is 1. The van der Waals surface area contributed by atoms with E-state index in [2.05, 4.69) is 53.0 Å². The van der Waals surface area contributed by atoms with Crippen LogP contribution in [0.3, 0.4) is 0 Å². The molecule has 1 atom stereocenters. The van der Waals surface area contributed by atoms with Crippen molar-refractivity contribution in [3.05, 3.63) is 61.7 Å². The molecule has 0 saturated heterocycles. The highest BCUT2D eigenvalue weighted by molar-refractivity contribution is 14.1. The van der Waals surface area contributed by atoms with Crippen LogP contribution < -0.4 is 5.32 Å². The van der Waals surface area contributed by atoms with E-state index in [1.807, 2.05) is 18.2 Å². The van der Waals surface area contributed by atoms with Crippen LogP contribution in [0.2, 0.25) is 5.02 Å². The van der Waals surface area contributed by atoms with E-state index in [1.165, 1.54) is 36.0 Å². The first-order valence-electron chi connectivity index (χ1n) is 6.97. The predicted octanol–water partition coefficient (Wildman–Crippen LogP) is 5.61. The van der Waals surface area contributed by atoms with Crippen LogP contribution >= 0.6 is 34.2 Å². The Morgan fingerprint density at radius 1 is 1.10 bits per heavy atom. The average Bonchev–Trinajstić information content (AvgIpc) is 2.89. The van der Waals surface area contributed by atoms with Crippen molar-refractivity contribution in [2.24, 2.45) is 0 Å². The molecule has 1 nitrogen and oxygen atoms in total. The molecular weight excluding hydrogens is 381 g/mol. The third-order valence-corrected chi connectivity index (χ3v) is 5.05. The molecule has 0 aliphatic heterocycles. The fourth-order valence-electron chi connectivity index (χ4n) is 2.78. The number of benzene rings is 2. The quantitative estimate of drug-likeness (QED) is 0.664. The number of fused-ring (bicyclic) bond motifs is 1. The summed E-state index contributed by atoms with van der Waals surface area (Å²) in [4.78, 5) is 0. The van der Waals surface area contributed by atoms with Gasteiger partial charge in [-0.3, -0.25) is 0 Å². The largest absolute Gasteiger partial charge is 0.378 e. The fraction of sp³-hybridized carbons (Fsp3) is 0.294. The zero-order chi connectivity index (χ0) is 14.1. The van der Waals surface area contributed by atoms with E-state index < -0.39 is 0 Å². The highest BCUT2D eigenvalue weighted by Gasteiger charge is 2.14. The van der Waals surface area contributed by atoms with Crippen molar-refractivity contribution in [2.45, 2.75) is 32.2 Å². The maximum Gasteiger partial charge on any atom is 0.0486 e. The van der Waals surface area contributed by atoms with E-state index in [-0.39, 0.29) is 0 Å². The zero-order valence-electron chi connectivity index (χ0n) is 11.4. The van der Waals surface area contributed by atoms with Crippen LogP contribution in [0.5, 0.6) is 0 Å². The summed E-state index contributed by atoms with van der Waals surface area (Å²) >= 11 is 8.32. The normalized spacial score (nSPS) is 14.9. The molecule has 0 bridgehead atoms. The number of halogens is 2. The first-order valence-corrected chi connectivity index (χ1v) is 8.42. The molecule has 0 fully saturated rings. The van der Waals surface area contributed by atoms with E-state index in [1.54, 1.807) is 0 Å². The lowest BCUT2D eigenvalue weighted by atomic mass is 10.0. The maximum atomic E-state index is 6.00. The van der Waals surface area contributed by atoms with Gasteiger partial charge in [-0.15, -0.1) is 0 Å². The molecule has 1 N–H and O–H groups in total. The molecule has 0 spiro atoms. The molecule has 0 saturated carbocycles. The van der Waals surface area contributed by atoms with E-state index in [4.69, 9.17) is 11.6 Å². The number of hydrogen-bond acceptors (Lipinski definition) is 1. The Balaban J connectivity index is 1.80. The summed E-state index contributed by atoms with van der Waals surface area (Å²) in [5, 5.41) is 4.36. The minimum absolute atomic E-state index is 0.301. The monoisotopic (exact) mass is 397 g/mol. The van der Waals surface area contributed by atoms with Crippen molar-refractivity contribution in [1.29, 1.82) is 0 Å². The summed E-state index contributed by atoms with van der Waals surface area (Å²) in [7, 11) is 0. The van der Waals surface area contributed by atoms with E-state index in [0.29, 0.717) is 6.04 Å². The van der Waals surface area contributed by atoms with Gasteiger partial charge < -0.3 is 5.32 Å². The van der Waals surface area contributed by atoms with Crippen LogP contribution in [-0.2, 0) is 12.8 Å². The van der Waals surface area contributed by atoms with Gasteiger partial charge >= 0.3 is 0 Å². The van der Waals surface area contributed by atoms with Crippen molar-refractivity contribution in [3.8, 4) is 0 Å². The van der Waals surface area contributed by atoms with Crippen LogP contribution in [-0.4, -0.2) is 0 Å². The summed E-state index contributed by atoms with van der Waals surface area (Å²) in [5.74, 6) is 0. The van der Waals surface area contributed by atoms with Crippen molar-refractivity contribution < 1.29 is 0 Å². The van der Waals surface area contributed by atoms with Gasteiger partial charge in [0.05, 0.1) is 0 Å². The van der Waals surface area contributed by atoms with E-state index >= 15 is 0 Å². The first-order chi connectivity index (χ1) is 9.63. The molecule has 20 heavy (non-hydrogen) atoms. The van der Waals surface area contributed by atoms with Gasteiger partial charge in [0.2, 0.25) is 0 Å². The van der Waals surface area contributed by atoms with Gasteiger partial charge in [-0.05, 0) is 83.7 Å². The molecule has 104 valence electrons. The molecule has 1 aliphatic rings. The second-order valence-corrected chi connectivity index (χ2v) is 6.97. The van der Waals surface area contributed by atoms with Gasteiger partial charge in [-0.1, -0.05) is 29.8 Å². The van der Waals surface area contributed by atoms with Crippen molar-refractivity contribution in [2.75, 3.05) is 5.32 Å². The molecule has 2 aromatic carbocycles. The zero-order valence-corrected chi connectivity index (χ0v) is 14.3. The second-order valence-electron chi connectivity index (χ2n) is 5.37. The van der Waals surface area contributed by atoms with E-state index in [0.717, 1.165) is 14.3 Å². The Bertz CT molecular complexity index is 639. The Hall–Kier alpha value is -0.740. The molecule has 0 heterocycles. The smallest absolute Gasteiger partial charge is 0.0486 e. The molecule has 3 heteroatoms. The third-order valence-electron chi connectivity index (χ3n) is 3.93. The van der Waals surface area contributed by atoms with Gasteiger partial charge in [0.1, 0.15) is 0 Å². The lowest BCUT2D eigenvalue weighted by Gasteiger charge is -2.18. The minimum atomic E-state index is 0.301. The summed E-state index contributed by atoms with van der Waals surface area (Å²) in [5.41, 5.74) is 5.56. The molecular formula is C17H17ClIN. The van der Waals surface area contributed by atoms with Crippen LogP contribution in [0, 0.1) is 3.57 Å². The van der Waals surface area contributed by atoms with Gasteiger partial charge in [-0.2, -0.15) is 0 Å². The van der Waals surface area contributed by atoms with E-state index in [9.17, 15) is 0 Å². The Morgan fingerprint density at radius 3 is 2.70 bits per heavy atom. The molecule has 1 aliphatic carbocycles. The Kier molecular flexibility index (Phi) is 4.22. The Labute approximate surface area is 138 Å². The van der Waals surface area contributed by atoms with Crippen molar-refractivity contribution >= 4 is 39.9 Å². The van der Waals surface area contributed by atoms with Gasteiger partial charge in [0.15, 0.2) is 0 Å². The lowest BCUT2D eigenvalue weighted by molar-refractivity contribution is 0.878. The van der Waals surface area contributed by atoms with Crippen LogP contribution in [0.1, 0.15) is 36.1 Å². The van der Waals surface area contributed by atoms with Crippen molar-refractivity contribution in [3.63, 3.8) is 0 Å². The van der Waals surface area contributed by atoms with Crippen LogP contribution in [0.4, 0.5) is 5.69 Å². The molecule has 1 unspecified atom stereocenters. The number of rotatable bonds is 3. The number of aryl methyl sites for hydroxylation is 2. The summed E-state index contributed by atoms with van der Waals surface area (Å²) < 4.78 is 1.16. The van der Waals surface area contributed by atoms with Gasteiger partial charge in [0.25, 0.3) is 0 Å². The van der Waals surface area contributed by atoms with Crippen LogP contribution in [0.25, 0.3) is 0 Å². The first kappa shape index (κ1) is 14.2. The summed E-state index contributed by atoms with van der Waals surface area (Å²) in [6.45, 7) is 2.21. The minimum Gasteiger partial charge on any atom is -0.378 e. The predicted molar refractivity (Wildman–Crippen MR) is 94.7 cm³/mol. The molecule has 0 radical (unpaired) electrons. The second kappa shape index (κ2) is 5.94. The van der Waals surface area contributed by atoms with Crippen LogP contribution in [0.15, 0.2) is 36.4 Å². The molecule has 3 rings (SSSR count). The Morgan fingerprint density at radius 2 is 1.90 bits per heavy atom. The molecule has 2 aromatic rings. The highest BCUT2D eigenvalue weighted by atomic mass is 127. The average molecular weight is 398 g/mol. The number of nitrogens with one attached hydrogen (secondary N) is 1. The van der Waals surface area contributed by atoms with Gasteiger partial charge in [0, 0.05) is 20.3 Å². The van der Waals surface area contributed by atoms with Crippen molar-refractivity contribution in [1.82, 2.24) is 0 Å².